The second kappa shape index (κ2) is 5.15. The molecule has 5 nitrogen and oxygen atoms in total. The number of nitrogens with zero attached hydrogens (tertiary/aromatic N) is 2. The van der Waals surface area contributed by atoms with Gasteiger partial charge in [0.2, 0.25) is 0 Å². The Balaban J connectivity index is 3.15. The fourth-order valence-corrected chi connectivity index (χ4v) is 2.35. The van der Waals surface area contributed by atoms with Gasteiger partial charge in [0, 0.05) is 17.7 Å². The maximum absolute atomic E-state index is 10.9. The molecule has 0 aliphatic rings. The van der Waals surface area contributed by atoms with Gasteiger partial charge < -0.3 is 0 Å². The van der Waals surface area contributed by atoms with E-state index in [1.165, 1.54) is 24.3 Å². The second-order valence-corrected chi connectivity index (χ2v) is 7.33. The first kappa shape index (κ1) is 13.5. The van der Waals surface area contributed by atoms with Crippen LogP contribution in [0.15, 0.2) is 29.0 Å². The summed E-state index contributed by atoms with van der Waals surface area (Å²) in [6.07, 6.45) is 0. The molecule has 1 aromatic carbocycles. The lowest BCUT2D eigenvalue weighted by Gasteiger charge is -1.99. The van der Waals surface area contributed by atoms with Crippen LogP contribution in [0.25, 0.3) is 0 Å². The molecule has 0 atom stereocenters. The first-order valence-electron chi connectivity index (χ1n) is 3.79. The monoisotopic (exact) mass is 300 g/mol. The van der Waals surface area contributed by atoms with E-state index in [2.05, 4.69) is 4.76 Å². The van der Waals surface area contributed by atoms with Gasteiger partial charge in [-0.1, -0.05) is 23.7 Å². The molecule has 86 valence electrons. The molecule has 1 aromatic rings. The third-order valence-electron chi connectivity index (χ3n) is 1.50. The van der Waals surface area contributed by atoms with Crippen molar-refractivity contribution in [1.82, 2.24) is 0 Å². The number of nitro groups is 1. The maximum Gasteiger partial charge on any atom is 0.365 e. The van der Waals surface area contributed by atoms with E-state index < -0.39 is 10.9 Å². The number of hydrogen-bond donors (Lipinski definition) is 0. The van der Waals surface area contributed by atoms with Gasteiger partial charge in [0.15, 0.2) is 0 Å². The Morgan fingerprint density at radius 2 is 2.06 bits per heavy atom. The summed E-state index contributed by atoms with van der Waals surface area (Å²) < 4.78 is 14.3. The van der Waals surface area contributed by atoms with Crippen LogP contribution in [0, 0.1) is 10.1 Å². The maximum atomic E-state index is 10.9. The summed E-state index contributed by atoms with van der Waals surface area (Å²) in [6, 6.07) is 5.34. The van der Waals surface area contributed by atoms with Crippen LogP contribution in [-0.2, 0) is 4.57 Å². The molecule has 0 saturated heterocycles. The number of hydrogen-bond acceptors (Lipinski definition) is 3. The number of rotatable bonds is 3. The highest BCUT2D eigenvalue weighted by molar-refractivity contribution is 8.07. The van der Waals surface area contributed by atoms with Crippen LogP contribution in [0.4, 0.5) is 5.69 Å². The van der Waals surface area contributed by atoms with Crippen molar-refractivity contribution in [3.63, 3.8) is 0 Å². The molecule has 0 saturated carbocycles. The second-order valence-electron chi connectivity index (χ2n) is 2.63. The summed E-state index contributed by atoms with van der Waals surface area (Å²) in [5.74, 6) is -3.70. The minimum absolute atomic E-state index is 0.162. The van der Waals surface area contributed by atoms with E-state index in [4.69, 9.17) is 34.1 Å². The van der Waals surface area contributed by atoms with Crippen LogP contribution in [0.5, 0.6) is 0 Å². The van der Waals surface area contributed by atoms with E-state index in [9.17, 15) is 14.7 Å². The Hall–Kier alpha value is -0.610. The van der Waals surface area contributed by atoms with E-state index in [-0.39, 0.29) is 16.4 Å². The van der Waals surface area contributed by atoms with E-state index >= 15 is 0 Å². The van der Waals surface area contributed by atoms with Gasteiger partial charge >= 0.3 is 6.00 Å². The Kier molecular flexibility index (Phi) is 4.33. The van der Waals surface area contributed by atoms with Crippen LogP contribution in [0.3, 0.4) is 0 Å². The van der Waals surface area contributed by atoms with Crippen LogP contribution in [0.2, 0.25) is 0 Å². The summed E-state index contributed by atoms with van der Waals surface area (Å²) in [5, 5.41) is 10.2. The van der Waals surface area contributed by atoms with E-state index in [1.54, 1.807) is 0 Å². The van der Waals surface area contributed by atoms with Gasteiger partial charge in [-0.2, -0.15) is 4.76 Å². The minimum atomic E-state index is -3.70. The molecule has 0 N–H and O–H groups in total. The van der Waals surface area contributed by atoms with Crippen molar-refractivity contribution < 1.29 is 9.49 Å². The minimum Gasteiger partial charge on any atom is -0.262 e. The van der Waals surface area contributed by atoms with Crippen LogP contribution < -0.4 is 0 Å². The van der Waals surface area contributed by atoms with Gasteiger partial charge in [-0.25, -0.2) is 0 Å². The van der Waals surface area contributed by atoms with E-state index in [0.717, 1.165) is 0 Å². The zero-order valence-corrected chi connectivity index (χ0v) is 10.7. The molecule has 0 radical (unpaired) electrons. The van der Waals surface area contributed by atoms with Crippen molar-refractivity contribution in [1.29, 1.82) is 0 Å². The summed E-state index contributed by atoms with van der Waals surface area (Å²) in [6.45, 7) is 0. The molecule has 0 aliphatic carbocycles. The average molecular weight is 301 g/mol. The summed E-state index contributed by atoms with van der Waals surface area (Å²) in [7, 11) is 0. The van der Waals surface area contributed by atoms with Crippen molar-refractivity contribution in [2.45, 2.75) is 0 Å². The van der Waals surface area contributed by atoms with Gasteiger partial charge in [-0.15, -0.1) is 0 Å². The molecule has 16 heavy (non-hydrogen) atoms. The molecule has 1 rings (SSSR count). The zero-order valence-electron chi connectivity index (χ0n) is 7.51. The van der Waals surface area contributed by atoms with E-state index in [0.29, 0.717) is 0 Å². The zero-order chi connectivity index (χ0) is 12.3. The van der Waals surface area contributed by atoms with Gasteiger partial charge in [-0.05, 0) is 22.5 Å². The highest BCUT2D eigenvalue weighted by Crippen LogP contribution is 2.58. The van der Waals surface area contributed by atoms with Crippen molar-refractivity contribution in [3.05, 3.63) is 39.9 Å². The largest absolute Gasteiger partial charge is 0.365 e. The topological polar surface area (TPSA) is 72.6 Å². The third-order valence-corrected chi connectivity index (χ3v) is 2.81. The lowest BCUT2D eigenvalue weighted by molar-refractivity contribution is -0.384. The Bertz CT molecular complexity index is 499. The number of benzene rings is 1. The van der Waals surface area contributed by atoms with Crippen molar-refractivity contribution in [2.24, 2.45) is 4.76 Å². The summed E-state index contributed by atoms with van der Waals surface area (Å²) >= 11 is 16.0. The predicted molar refractivity (Wildman–Crippen MR) is 64.8 cm³/mol. The first-order valence-corrected chi connectivity index (χ1v) is 7.64. The van der Waals surface area contributed by atoms with Gasteiger partial charge in [0.25, 0.3) is 5.69 Å². The molecule has 0 spiro atoms. The van der Waals surface area contributed by atoms with Crippen molar-refractivity contribution in [3.8, 4) is 0 Å². The Morgan fingerprint density at radius 1 is 1.44 bits per heavy atom. The molecule has 0 bridgehead atoms. The molecule has 0 aromatic heterocycles. The van der Waals surface area contributed by atoms with Crippen LogP contribution in [0.1, 0.15) is 5.56 Å². The highest BCUT2D eigenvalue weighted by atomic mass is 35.9. The Labute approximate surface area is 105 Å². The molecule has 0 fully saturated rings. The third kappa shape index (κ3) is 4.10. The normalized spacial score (nSPS) is 12.6. The van der Waals surface area contributed by atoms with Gasteiger partial charge in [0.05, 0.1) is 4.92 Å². The molecule has 0 aliphatic heterocycles. The van der Waals surface area contributed by atoms with Gasteiger partial charge in [0.1, 0.15) is 5.17 Å². The fourth-order valence-electron chi connectivity index (χ4n) is 0.908. The molecule has 0 heterocycles. The summed E-state index contributed by atoms with van der Waals surface area (Å²) in [5.41, 5.74) is 0.0576. The quantitative estimate of drug-likeness (QED) is 0.364. The standard InChI is InChI=1S/C7H4Cl3N2O3P/c8-7(11-16(9,10)15)5-2-1-3-6(4-5)12(13)14/h1-4H. The molecule has 9 heteroatoms. The van der Waals surface area contributed by atoms with Crippen LogP contribution >= 0.6 is 40.1 Å². The van der Waals surface area contributed by atoms with E-state index in [1.807, 2.05) is 0 Å². The summed E-state index contributed by atoms with van der Waals surface area (Å²) in [4.78, 5) is 9.89. The smallest absolute Gasteiger partial charge is 0.262 e. The molecule has 0 amide bonds. The fraction of sp³-hybridized carbons (Fsp3) is 0. The average Bonchev–Trinajstić information content (AvgIpc) is 2.15. The Morgan fingerprint density at radius 3 is 2.56 bits per heavy atom. The van der Waals surface area contributed by atoms with Crippen molar-refractivity contribution >= 4 is 50.9 Å². The first-order chi connectivity index (χ1) is 7.29. The molecular weight excluding hydrogens is 297 g/mol. The SMILES string of the molecule is O=[N+]([O-])c1cccc(C(Cl)=NP(=O)(Cl)Cl)c1. The molecular formula is C7H4Cl3N2O3P. The lowest BCUT2D eigenvalue weighted by atomic mass is 10.2. The lowest BCUT2D eigenvalue weighted by Crippen LogP contribution is -1.93. The van der Waals surface area contributed by atoms with Crippen LogP contribution in [-0.4, -0.2) is 10.1 Å². The number of non-ortho nitro benzene ring substituents is 1. The van der Waals surface area contributed by atoms with Crippen molar-refractivity contribution in [2.75, 3.05) is 0 Å². The predicted octanol–water partition coefficient (Wildman–Crippen LogP) is 4.17. The molecule has 0 unspecified atom stereocenters. The number of nitro benzene ring substituents is 1. The van der Waals surface area contributed by atoms with Gasteiger partial charge in [-0.3, -0.25) is 14.7 Å². The number of halogens is 3. The highest BCUT2D eigenvalue weighted by Gasteiger charge is 2.15.